The van der Waals surface area contributed by atoms with Gasteiger partial charge in [0.15, 0.2) is 0 Å². The van der Waals surface area contributed by atoms with Gasteiger partial charge in [-0.05, 0) is 37.6 Å². The van der Waals surface area contributed by atoms with Crippen molar-refractivity contribution < 1.29 is 9.53 Å². The average molecular weight is 301 g/mol. The minimum Gasteiger partial charge on any atom is -0.497 e. The Morgan fingerprint density at radius 2 is 2.18 bits per heavy atom. The molecule has 0 aliphatic heterocycles. The lowest BCUT2D eigenvalue weighted by atomic mass is 10.0. The summed E-state index contributed by atoms with van der Waals surface area (Å²) in [4.78, 5) is 11.2. The summed E-state index contributed by atoms with van der Waals surface area (Å²) in [7, 11) is 1.62. The molecule has 1 amide bonds. The fourth-order valence-corrected chi connectivity index (χ4v) is 1.60. The zero-order chi connectivity index (χ0) is 13.1. The number of hydrogen-bond donors (Lipinski definition) is 2. The Labute approximate surface area is 110 Å². The van der Waals surface area contributed by atoms with E-state index in [1.807, 2.05) is 18.2 Å². The Morgan fingerprint density at radius 3 is 2.71 bits per heavy atom. The molecule has 5 heteroatoms. The van der Waals surface area contributed by atoms with Gasteiger partial charge in [-0.25, -0.2) is 0 Å². The van der Waals surface area contributed by atoms with Crippen molar-refractivity contribution in [2.75, 3.05) is 7.11 Å². The van der Waals surface area contributed by atoms with Gasteiger partial charge >= 0.3 is 0 Å². The van der Waals surface area contributed by atoms with Crippen LogP contribution in [0.5, 0.6) is 5.75 Å². The Hall–Kier alpha value is -1.07. The van der Waals surface area contributed by atoms with E-state index in [9.17, 15) is 4.79 Å². The first-order valence-electron chi connectivity index (χ1n) is 5.24. The zero-order valence-electron chi connectivity index (χ0n) is 10.2. The number of carbonyl (C=O) groups excluding carboxylic acids is 1. The predicted octanol–water partition coefficient (Wildman–Crippen LogP) is 1.81. The molecule has 1 rings (SSSR count). The molecule has 0 aliphatic rings. The van der Waals surface area contributed by atoms with E-state index < -0.39 is 5.54 Å². The lowest BCUT2D eigenvalue weighted by Crippen LogP contribution is -2.50. The Morgan fingerprint density at radius 1 is 1.53 bits per heavy atom. The maximum Gasteiger partial charge on any atom is 0.237 e. The molecule has 0 unspecified atom stereocenters. The largest absolute Gasteiger partial charge is 0.497 e. The molecule has 0 saturated heterocycles. The van der Waals surface area contributed by atoms with Gasteiger partial charge in [-0.1, -0.05) is 15.9 Å². The van der Waals surface area contributed by atoms with Gasteiger partial charge in [-0.2, -0.15) is 0 Å². The number of rotatable bonds is 5. The summed E-state index contributed by atoms with van der Waals surface area (Å²) in [5, 5.41) is 3.11. The first-order valence-corrected chi connectivity index (χ1v) is 6.03. The van der Waals surface area contributed by atoms with Gasteiger partial charge < -0.3 is 10.5 Å². The van der Waals surface area contributed by atoms with Gasteiger partial charge in [0, 0.05) is 11.0 Å². The highest BCUT2D eigenvalue weighted by Crippen LogP contribution is 2.22. The standard InChI is InChI=1S/C12H17BrN2O2/c1-12(2,11(14)16)15-7-8-6-9(17-3)4-5-10(8)13/h4-6,15H,7H2,1-3H3,(H2,14,16). The minimum absolute atomic E-state index is 0.378. The molecular formula is C12H17BrN2O2. The zero-order valence-corrected chi connectivity index (χ0v) is 11.8. The molecule has 17 heavy (non-hydrogen) atoms. The van der Waals surface area contributed by atoms with Crippen LogP contribution in [0, 0.1) is 0 Å². The van der Waals surface area contributed by atoms with Crippen LogP contribution in [-0.4, -0.2) is 18.6 Å². The average Bonchev–Trinajstić information content (AvgIpc) is 2.28. The SMILES string of the molecule is COc1ccc(Br)c(CNC(C)(C)C(N)=O)c1. The van der Waals surface area contributed by atoms with Crippen LogP contribution >= 0.6 is 15.9 Å². The summed E-state index contributed by atoms with van der Waals surface area (Å²) in [6.45, 7) is 4.04. The Balaban J connectivity index is 2.78. The highest BCUT2D eigenvalue weighted by molar-refractivity contribution is 9.10. The van der Waals surface area contributed by atoms with E-state index in [4.69, 9.17) is 10.5 Å². The van der Waals surface area contributed by atoms with Gasteiger partial charge in [-0.15, -0.1) is 0 Å². The van der Waals surface area contributed by atoms with Crippen LogP contribution in [0.4, 0.5) is 0 Å². The quantitative estimate of drug-likeness (QED) is 0.872. The van der Waals surface area contributed by atoms with Crippen molar-refractivity contribution in [1.29, 1.82) is 0 Å². The normalized spacial score (nSPS) is 11.3. The molecule has 0 heterocycles. The highest BCUT2D eigenvalue weighted by atomic mass is 79.9. The second-order valence-electron chi connectivity index (χ2n) is 4.30. The van der Waals surface area contributed by atoms with Crippen LogP contribution in [0.25, 0.3) is 0 Å². The number of amides is 1. The van der Waals surface area contributed by atoms with Crippen molar-refractivity contribution in [3.63, 3.8) is 0 Å². The maximum atomic E-state index is 11.2. The smallest absolute Gasteiger partial charge is 0.237 e. The summed E-state index contributed by atoms with van der Waals surface area (Å²) in [6, 6.07) is 5.69. The van der Waals surface area contributed by atoms with Crippen LogP contribution in [0.3, 0.4) is 0 Å². The summed E-state index contributed by atoms with van der Waals surface area (Å²) < 4.78 is 6.11. The van der Waals surface area contributed by atoms with E-state index >= 15 is 0 Å². The van der Waals surface area contributed by atoms with Crippen LogP contribution in [0.1, 0.15) is 19.4 Å². The molecule has 94 valence electrons. The molecular weight excluding hydrogens is 284 g/mol. The summed E-state index contributed by atoms with van der Waals surface area (Å²) >= 11 is 3.45. The molecule has 0 spiro atoms. The van der Waals surface area contributed by atoms with E-state index in [1.165, 1.54) is 0 Å². The molecule has 0 radical (unpaired) electrons. The van der Waals surface area contributed by atoms with Crippen molar-refractivity contribution in [2.45, 2.75) is 25.9 Å². The number of nitrogens with one attached hydrogen (secondary N) is 1. The number of ether oxygens (including phenoxy) is 1. The van der Waals surface area contributed by atoms with Crippen LogP contribution in [0.2, 0.25) is 0 Å². The van der Waals surface area contributed by atoms with E-state index in [1.54, 1.807) is 21.0 Å². The molecule has 4 nitrogen and oxygen atoms in total. The fourth-order valence-electron chi connectivity index (χ4n) is 1.22. The number of benzene rings is 1. The third-order valence-corrected chi connectivity index (χ3v) is 3.36. The molecule has 0 saturated carbocycles. The Bertz CT molecular complexity index is 419. The van der Waals surface area contributed by atoms with E-state index in [-0.39, 0.29) is 5.91 Å². The van der Waals surface area contributed by atoms with Gasteiger partial charge in [0.05, 0.1) is 12.6 Å². The van der Waals surface area contributed by atoms with E-state index in [2.05, 4.69) is 21.2 Å². The Kier molecular flexibility index (Phi) is 4.54. The number of nitrogens with two attached hydrogens (primary N) is 1. The molecule has 0 bridgehead atoms. The van der Waals surface area contributed by atoms with Gasteiger partial charge in [-0.3, -0.25) is 10.1 Å². The third kappa shape index (κ3) is 3.71. The molecule has 0 fully saturated rings. The third-order valence-electron chi connectivity index (χ3n) is 2.59. The topological polar surface area (TPSA) is 64.3 Å². The molecule has 0 atom stereocenters. The highest BCUT2D eigenvalue weighted by Gasteiger charge is 2.23. The summed E-state index contributed by atoms with van der Waals surface area (Å²) in [5.41, 5.74) is 5.57. The number of carbonyl (C=O) groups is 1. The molecule has 3 N–H and O–H groups in total. The molecule has 1 aromatic carbocycles. The van der Waals surface area contributed by atoms with E-state index in [0.717, 1.165) is 15.8 Å². The van der Waals surface area contributed by atoms with Crippen LogP contribution in [0.15, 0.2) is 22.7 Å². The van der Waals surface area contributed by atoms with Crippen molar-refractivity contribution in [2.24, 2.45) is 5.73 Å². The molecule has 0 aliphatic carbocycles. The van der Waals surface area contributed by atoms with Crippen molar-refractivity contribution in [3.05, 3.63) is 28.2 Å². The van der Waals surface area contributed by atoms with Crippen molar-refractivity contribution >= 4 is 21.8 Å². The first kappa shape index (κ1) is 14.0. The van der Waals surface area contributed by atoms with E-state index in [0.29, 0.717) is 6.54 Å². The van der Waals surface area contributed by atoms with Gasteiger partial charge in [0.2, 0.25) is 5.91 Å². The summed E-state index contributed by atoms with van der Waals surface area (Å²) in [6.07, 6.45) is 0. The van der Waals surface area contributed by atoms with Crippen LogP contribution < -0.4 is 15.8 Å². The monoisotopic (exact) mass is 300 g/mol. The van der Waals surface area contributed by atoms with Crippen LogP contribution in [-0.2, 0) is 11.3 Å². The second kappa shape index (κ2) is 5.51. The molecule has 1 aromatic rings. The number of methoxy groups -OCH3 is 1. The minimum atomic E-state index is -0.734. The second-order valence-corrected chi connectivity index (χ2v) is 5.15. The van der Waals surface area contributed by atoms with Crippen molar-refractivity contribution in [1.82, 2.24) is 5.32 Å². The predicted molar refractivity (Wildman–Crippen MR) is 70.8 cm³/mol. The lowest BCUT2D eigenvalue weighted by molar-refractivity contribution is -0.123. The van der Waals surface area contributed by atoms with Gasteiger partial charge in [0.1, 0.15) is 5.75 Å². The van der Waals surface area contributed by atoms with Crippen molar-refractivity contribution in [3.8, 4) is 5.75 Å². The lowest BCUT2D eigenvalue weighted by Gasteiger charge is -2.22. The summed E-state index contributed by atoms with van der Waals surface area (Å²) in [5.74, 6) is 0.401. The molecule has 0 aromatic heterocycles. The van der Waals surface area contributed by atoms with Gasteiger partial charge in [0.25, 0.3) is 0 Å². The first-order chi connectivity index (χ1) is 7.86. The fraction of sp³-hybridized carbons (Fsp3) is 0.417. The maximum absolute atomic E-state index is 11.2. The number of primary amides is 1. The number of halogens is 1. The number of hydrogen-bond acceptors (Lipinski definition) is 3.